The first-order valence-electron chi connectivity index (χ1n) is 12.5. The highest BCUT2D eigenvalue weighted by molar-refractivity contribution is 5.42. The maximum atomic E-state index is 4.16. The molecule has 30 heavy (non-hydrogen) atoms. The summed E-state index contributed by atoms with van der Waals surface area (Å²) in [6.45, 7) is 15.7. The number of allylic oxidation sites excluding steroid dienone is 5. The average molecular weight is 405 g/mol. The molecule has 1 aromatic rings. The summed E-state index contributed by atoms with van der Waals surface area (Å²) >= 11 is 0. The van der Waals surface area contributed by atoms with Gasteiger partial charge in [0.25, 0.3) is 0 Å². The molecule has 164 valence electrons. The van der Waals surface area contributed by atoms with Crippen molar-refractivity contribution < 1.29 is 0 Å². The lowest BCUT2D eigenvalue weighted by atomic mass is 9.71. The molecule has 0 aromatic heterocycles. The van der Waals surface area contributed by atoms with Gasteiger partial charge in [0.15, 0.2) is 0 Å². The predicted octanol–water partition coefficient (Wildman–Crippen LogP) is 9.29. The van der Waals surface area contributed by atoms with Gasteiger partial charge in [-0.25, -0.2) is 0 Å². The number of benzene rings is 1. The summed E-state index contributed by atoms with van der Waals surface area (Å²) in [5.74, 6) is 2.89. The summed E-state index contributed by atoms with van der Waals surface area (Å²) < 4.78 is 0. The van der Waals surface area contributed by atoms with Crippen molar-refractivity contribution >= 4 is 0 Å². The molecule has 1 saturated carbocycles. The van der Waals surface area contributed by atoms with Crippen LogP contribution in [0, 0.1) is 11.8 Å². The number of hydrogen-bond donors (Lipinski definition) is 0. The second-order valence-electron chi connectivity index (χ2n) is 10.8. The highest BCUT2D eigenvalue weighted by Crippen LogP contribution is 2.42. The zero-order chi connectivity index (χ0) is 21.7. The molecule has 0 heteroatoms. The van der Waals surface area contributed by atoms with Crippen LogP contribution >= 0.6 is 0 Å². The lowest BCUT2D eigenvalue weighted by Gasteiger charge is -2.33. The first kappa shape index (κ1) is 23.1. The van der Waals surface area contributed by atoms with Gasteiger partial charge in [0, 0.05) is 0 Å². The van der Waals surface area contributed by atoms with E-state index >= 15 is 0 Å². The van der Waals surface area contributed by atoms with E-state index in [1.165, 1.54) is 55.2 Å². The van der Waals surface area contributed by atoms with Gasteiger partial charge in [-0.3, -0.25) is 0 Å². The van der Waals surface area contributed by atoms with Gasteiger partial charge in [0.1, 0.15) is 0 Å². The average Bonchev–Trinajstić information content (AvgIpc) is 3.11. The summed E-state index contributed by atoms with van der Waals surface area (Å²) in [6.07, 6.45) is 16.6. The van der Waals surface area contributed by atoms with Crippen LogP contribution in [0.15, 0.2) is 53.6 Å². The Balaban J connectivity index is 1.96. The number of rotatable bonds is 9. The Morgan fingerprint density at radius 1 is 1.10 bits per heavy atom. The van der Waals surface area contributed by atoms with E-state index in [1.54, 1.807) is 16.7 Å². The SMILES string of the molecule is C=C(C)CC(C)c1ccc(C(CC(C)C)C2CCCCC2)c(CC2=CC(C)=CC2)c1. The lowest BCUT2D eigenvalue weighted by molar-refractivity contribution is 0.276. The Bertz CT molecular complexity index is 782. The molecule has 2 aliphatic rings. The molecule has 1 aromatic carbocycles. The van der Waals surface area contributed by atoms with Gasteiger partial charge in [-0.05, 0) is 92.7 Å². The Hall–Kier alpha value is -1.56. The van der Waals surface area contributed by atoms with Crippen LogP contribution in [0.2, 0.25) is 0 Å². The summed E-state index contributed by atoms with van der Waals surface area (Å²) in [5, 5.41) is 0. The van der Waals surface area contributed by atoms with E-state index in [0.717, 1.165) is 37.0 Å². The van der Waals surface area contributed by atoms with Crippen molar-refractivity contribution in [3.05, 3.63) is 70.3 Å². The van der Waals surface area contributed by atoms with Gasteiger partial charge < -0.3 is 0 Å². The van der Waals surface area contributed by atoms with Crippen LogP contribution in [0.1, 0.15) is 115 Å². The van der Waals surface area contributed by atoms with Crippen LogP contribution in [0.25, 0.3) is 0 Å². The minimum absolute atomic E-state index is 0.547. The third-order valence-electron chi connectivity index (χ3n) is 7.27. The normalized spacial score (nSPS) is 19.5. The van der Waals surface area contributed by atoms with E-state index in [0.29, 0.717) is 5.92 Å². The van der Waals surface area contributed by atoms with Crippen molar-refractivity contribution in [3.8, 4) is 0 Å². The molecule has 0 saturated heterocycles. The fraction of sp³-hybridized carbons (Fsp3) is 0.600. The quantitative estimate of drug-likeness (QED) is 0.360. The van der Waals surface area contributed by atoms with E-state index in [-0.39, 0.29) is 0 Å². The van der Waals surface area contributed by atoms with Gasteiger partial charge in [-0.2, -0.15) is 0 Å². The second-order valence-corrected chi connectivity index (χ2v) is 10.8. The molecule has 0 radical (unpaired) electrons. The molecule has 2 atom stereocenters. The van der Waals surface area contributed by atoms with Crippen LogP contribution in [-0.4, -0.2) is 0 Å². The molecule has 0 nitrogen and oxygen atoms in total. The Morgan fingerprint density at radius 3 is 2.43 bits per heavy atom. The molecule has 2 unspecified atom stereocenters. The van der Waals surface area contributed by atoms with Crippen LogP contribution < -0.4 is 0 Å². The largest absolute Gasteiger partial charge is 0.100 e. The van der Waals surface area contributed by atoms with Gasteiger partial charge in [0.05, 0.1) is 0 Å². The van der Waals surface area contributed by atoms with E-state index in [4.69, 9.17) is 0 Å². The van der Waals surface area contributed by atoms with E-state index < -0.39 is 0 Å². The summed E-state index contributed by atoms with van der Waals surface area (Å²) in [6, 6.07) is 7.53. The highest BCUT2D eigenvalue weighted by atomic mass is 14.3. The van der Waals surface area contributed by atoms with Gasteiger partial charge in [-0.15, -0.1) is 6.58 Å². The van der Waals surface area contributed by atoms with Crippen molar-refractivity contribution in [1.82, 2.24) is 0 Å². The third kappa shape index (κ3) is 6.22. The Morgan fingerprint density at radius 2 is 1.83 bits per heavy atom. The molecular formula is C30H44. The van der Waals surface area contributed by atoms with E-state index in [2.05, 4.69) is 71.5 Å². The Labute approximate surface area is 186 Å². The molecule has 3 rings (SSSR count). The molecule has 0 N–H and O–H groups in total. The summed E-state index contributed by atoms with van der Waals surface area (Å²) in [5.41, 5.74) is 9.06. The molecular weight excluding hydrogens is 360 g/mol. The minimum Gasteiger partial charge on any atom is -0.100 e. The standard InChI is InChI=1S/C30H44/c1-21(2)16-24(6)27-14-15-29(28(20-27)19-25-13-12-23(5)18-25)30(17-22(3)4)26-10-8-7-9-11-26/h12,14-15,18,20,22,24,26,30H,1,7-11,13,16-17,19H2,2-6H3. The highest BCUT2D eigenvalue weighted by Gasteiger charge is 2.28. The lowest BCUT2D eigenvalue weighted by Crippen LogP contribution is -2.20. The topological polar surface area (TPSA) is 0 Å². The minimum atomic E-state index is 0.547. The van der Waals surface area contributed by atoms with Crippen LogP contribution in [0.4, 0.5) is 0 Å². The van der Waals surface area contributed by atoms with Crippen molar-refractivity contribution in [1.29, 1.82) is 0 Å². The predicted molar refractivity (Wildman–Crippen MR) is 133 cm³/mol. The molecule has 1 fully saturated rings. The van der Waals surface area contributed by atoms with Crippen LogP contribution in [0.5, 0.6) is 0 Å². The molecule has 0 bridgehead atoms. The smallest absolute Gasteiger partial charge is 0.00578 e. The number of hydrogen-bond acceptors (Lipinski definition) is 0. The zero-order valence-corrected chi connectivity index (χ0v) is 20.3. The molecule has 0 heterocycles. The zero-order valence-electron chi connectivity index (χ0n) is 20.3. The first-order chi connectivity index (χ1) is 14.3. The third-order valence-corrected chi connectivity index (χ3v) is 7.27. The van der Waals surface area contributed by atoms with E-state index in [1.807, 2.05) is 0 Å². The maximum Gasteiger partial charge on any atom is -0.00578 e. The van der Waals surface area contributed by atoms with Crippen LogP contribution in [0.3, 0.4) is 0 Å². The summed E-state index contributed by atoms with van der Waals surface area (Å²) in [7, 11) is 0. The molecule has 0 aliphatic heterocycles. The van der Waals surface area contributed by atoms with E-state index in [9.17, 15) is 0 Å². The Kier molecular flexibility index (Phi) is 8.20. The van der Waals surface area contributed by atoms with Gasteiger partial charge in [0.2, 0.25) is 0 Å². The fourth-order valence-corrected chi connectivity index (χ4v) is 5.81. The maximum absolute atomic E-state index is 4.16. The van der Waals surface area contributed by atoms with Crippen molar-refractivity contribution in [3.63, 3.8) is 0 Å². The molecule has 2 aliphatic carbocycles. The van der Waals surface area contributed by atoms with Crippen LogP contribution in [-0.2, 0) is 6.42 Å². The van der Waals surface area contributed by atoms with Gasteiger partial charge >= 0.3 is 0 Å². The summed E-state index contributed by atoms with van der Waals surface area (Å²) in [4.78, 5) is 0. The van der Waals surface area contributed by atoms with Crippen molar-refractivity contribution in [2.45, 2.75) is 104 Å². The van der Waals surface area contributed by atoms with Gasteiger partial charge in [-0.1, -0.05) is 87.1 Å². The van der Waals surface area contributed by atoms with Crippen molar-refractivity contribution in [2.75, 3.05) is 0 Å². The van der Waals surface area contributed by atoms with Crippen molar-refractivity contribution in [2.24, 2.45) is 11.8 Å². The first-order valence-corrected chi connectivity index (χ1v) is 12.5. The second kappa shape index (κ2) is 10.7. The monoisotopic (exact) mass is 404 g/mol. The fourth-order valence-electron chi connectivity index (χ4n) is 5.81. The molecule has 0 amide bonds. The molecule has 0 spiro atoms.